The Morgan fingerprint density at radius 3 is 2.47 bits per heavy atom. The zero-order chi connectivity index (χ0) is 26.3. The Labute approximate surface area is 223 Å². The number of rotatable bonds is 6. The van der Waals surface area contributed by atoms with E-state index in [1.54, 1.807) is 6.26 Å². The zero-order valence-electron chi connectivity index (χ0n) is 21.4. The fraction of sp³-hybridized carbons (Fsp3) is 0.147. The van der Waals surface area contributed by atoms with Gasteiger partial charge in [-0.05, 0) is 65.1 Å². The predicted octanol–water partition coefficient (Wildman–Crippen LogP) is 7.98. The van der Waals surface area contributed by atoms with E-state index in [2.05, 4.69) is 31.4 Å². The van der Waals surface area contributed by atoms with Crippen LogP contribution in [0, 0.1) is 0 Å². The molecule has 1 amide bonds. The SMILES string of the molecule is C=CCC=C.O=C(c1cccc2ccccc12)N1Cc2ccccc2CC1COc1ccc2occc2c1. The van der Waals surface area contributed by atoms with Crippen LogP contribution in [0.1, 0.15) is 27.9 Å². The highest BCUT2D eigenvalue weighted by atomic mass is 16.5. The highest BCUT2D eigenvalue weighted by molar-refractivity contribution is 6.07. The second-order valence-corrected chi connectivity index (χ2v) is 9.33. The molecule has 1 atom stereocenters. The smallest absolute Gasteiger partial charge is 0.255 e. The fourth-order valence-electron chi connectivity index (χ4n) is 4.89. The maximum Gasteiger partial charge on any atom is 0.255 e. The molecule has 1 aromatic heterocycles. The van der Waals surface area contributed by atoms with Gasteiger partial charge in [-0.1, -0.05) is 72.8 Å². The van der Waals surface area contributed by atoms with Crippen molar-refractivity contribution in [1.29, 1.82) is 0 Å². The van der Waals surface area contributed by atoms with Crippen LogP contribution in [0.5, 0.6) is 5.75 Å². The van der Waals surface area contributed by atoms with Crippen LogP contribution in [0.4, 0.5) is 0 Å². The van der Waals surface area contributed by atoms with E-state index in [1.807, 2.05) is 89.8 Å². The average molecular weight is 502 g/mol. The first kappa shape index (κ1) is 25.1. The van der Waals surface area contributed by atoms with Gasteiger partial charge in [-0.25, -0.2) is 0 Å². The number of carbonyl (C=O) groups is 1. The van der Waals surface area contributed by atoms with E-state index in [4.69, 9.17) is 9.15 Å². The highest BCUT2D eigenvalue weighted by Crippen LogP contribution is 2.29. The molecule has 0 aliphatic carbocycles. The summed E-state index contributed by atoms with van der Waals surface area (Å²) < 4.78 is 11.6. The van der Waals surface area contributed by atoms with Crippen LogP contribution in [0.3, 0.4) is 0 Å². The van der Waals surface area contributed by atoms with Gasteiger partial charge in [-0.15, -0.1) is 13.2 Å². The maximum absolute atomic E-state index is 13.8. The number of ether oxygens (including phenoxy) is 1. The van der Waals surface area contributed by atoms with Crippen molar-refractivity contribution in [3.05, 3.63) is 139 Å². The van der Waals surface area contributed by atoms with E-state index in [9.17, 15) is 4.79 Å². The molecule has 5 aromatic rings. The third kappa shape index (κ3) is 5.40. The number of hydrogen-bond donors (Lipinski definition) is 0. The van der Waals surface area contributed by atoms with Crippen molar-refractivity contribution >= 4 is 27.6 Å². The lowest BCUT2D eigenvalue weighted by Gasteiger charge is -2.37. The Morgan fingerprint density at radius 1 is 0.895 bits per heavy atom. The minimum absolute atomic E-state index is 0.0418. The number of furan rings is 1. The quantitative estimate of drug-likeness (QED) is 0.222. The summed E-state index contributed by atoms with van der Waals surface area (Å²) in [6.45, 7) is 7.96. The Balaban J connectivity index is 0.000000540. The van der Waals surface area contributed by atoms with Gasteiger partial charge in [0.25, 0.3) is 5.91 Å². The van der Waals surface area contributed by atoms with Gasteiger partial charge in [-0.2, -0.15) is 0 Å². The minimum atomic E-state index is -0.0635. The molecule has 0 N–H and O–H groups in total. The Bertz CT molecular complexity index is 1570. The third-order valence-corrected chi connectivity index (χ3v) is 6.84. The lowest BCUT2D eigenvalue weighted by atomic mass is 9.93. The normalized spacial score (nSPS) is 14.3. The molecule has 2 heterocycles. The summed E-state index contributed by atoms with van der Waals surface area (Å²) in [5.41, 5.74) is 4.04. The molecule has 1 aliphatic rings. The largest absolute Gasteiger partial charge is 0.491 e. The van der Waals surface area contributed by atoms with Crippen LogP contribution in [0.15, 0.2) is 127 Å². The van der Waals surface area contributed by atoms with Crippen LogP contribution in [0.2, 0.25) is 0 Å². The monoisotopic (exact) mass is 501 g/mol. The van der Waals surface area contributed by atoms with Gasteiger partial charge in [-0.3, -0.25) is 4.79 Å². The van der Waals surface area contributed by atoms with Crippen LogP contribution in [0.25, 0.3) is 21.7 Å². The van der Waals surface area contributed by atoms with E-state index in [0.29, 0.717) is 13.2 Å². The van der Waals surface area contributed by atoms with Crippen LogP contribution in [-0.4, -0.2) is 23.5 Å². The van der Waals surface area contributed by atoms with E-state index in [1.165, 1.54) is 11.1 Å². The molecule has 0 saturated carbocycles. The lowest BCUT2D eigenvalue weighted by Crippen LogP contribution is -2.47. The van der Waals surface area contributed by atoms with Crippen molar-refractivity contribution in [3.63, 3.8) is 0 Å². The molecule has 190 valence electrons. The molecule has 1 aliphatic heterocycles. The number of nitrogens with zero attached hydrogens (tertiary/aromatic N) is 1. The summed E-state index contributed by atoms with van der Waals surface area (Å²) >= 11 is 0. The fourth-order valence-corrected chi connectivity index (χ4v) is 4.89. The molecule has 4 nitrogen and oxygen atoms in total. The average Bonchev–Trinajstić information content (AvgIpc) is 3.44. The van der Waals surface area contributed by atoms with Gasteiger partial charge < -0.3 is 14.1 Å². The summed E-state index contributed by atoms with van der Waals surface area (Å²) in [7, 11) is 0. The molecule has 0 saturated heterocycles. The number of amides is 1. The van der Waals surface area contributed by atoms with Crippen molar-refractivity contribution in [2.24, 2.45) is 0 Å². The summed E-state index contributed by atoms with van der Waals surface area (Å²) in [4.78, 5) is 15.8. The molecule has 0 bridgehead atoms. The first-order chi connectivity index (χ1) is 18.7. The molecule has 4 heteroatoms. The molecule has 38 heavy (non-hydrogen) atoms. The van der Waals surface area contributed by atoms with Gasteiger partial charge in [0.05, 0.1) is 12.3 Å². The predicted molar refractivity (Wildman–Crippen MR) is 154 cm³/mol. The first-order valence-corrected chi connectivity index (χ1v) is 12.9. The third-order valence-electron chi connectivity index (χ3n) is 6.84. The molecule has 0 spiro atoms. The van der Waals surface area contributed by atoms with Crippen LogP contribution < -0.4 is 4.74 Å². The summed E-state index contributed by atoms with van der Waals surface area (Å²) in [6, 6.07) is 30.0. The Kier molecular flexibility index (Phi) is 7.70. The Hall–Kier alpha value is -4.57. The second-order valence-electron chi connectivity index (χ2n) is 9.33. The first-order valence-electron chi connectivity index (χ1n) is 12.9. The van der Waals surface area contributed by atoms with Gasteiger partial charge in [0.15, 0.2) is 0 Å². The Morgan fingerprint density at radius 2 is 1.66 bits per heavy atom. The van der Waals surface area contributed by atoms with E-state index in [0.717, 1.165) is 45.9 Å². The standard InChI is InChI=1S/C29H23NO3.C5H8/c31-29(27-11-5-9-20-6-3-4-10-26(20)27)30-18-23-8-2-1-7-21(23)16-24(30)19-33-25-12-13-28-22(17-25)14-15-32-28;1-3-5-4-2/h1-15,17,24H,16,18-19H2;3-4H,1-2,5H2. The number of fused-ring (bicyclic) bond motifs is 3. The number of hydrogen-bond acceptors (Lipinski definition) is 3. The molecule has 0 radical (unpaired) electrons. The molecule has 1 unspecified atom stereocenters. The van der Waals surface area contributed by atoms with Crippen molar-refractivity contribution < 1.29 is 13.9 Å². The molecular weight excluding hydrogens is 470 g/mol. The van der Waals surface area contributed by atoms with Crippen molar-refractivity contribution in [1.82, 2.24) is 4.90 Å². The number of allylic oxidation sites excluding steroid dienone is 2. The zero-order valence-corrected chi connectivity index (χ0v) is 21.4. The lowest BCUT2D eigenvalue weighted by molar-refractivity contribution is 0.0568. The second kappa shape index (κ2) is 11.7. The molecule has 6 rings (SSSR count). The minimum Gasteiger partial charge on any atom is -0.491 e. The van der Waals surface area contributed by atoms with Gasteiger partial charge >= 0.3 is 0 Å². The van der Waals surface area contributed by atoms with Crippen LogP contribution in [-0.2, 0) is 13.0 Å². The summed E-state index contributed by atoms with van der Waals surface area (Å²) in [6.07, 6.45) is 6.98. The summed E-state index contributed by atoms with van der Waals surface area (Å²) in [5.74, 6) is 0.820. The van der Waals surface area contributed by atoms with E-state index >= 15 is 0 Å². The molecule has 0 fully saturated rings. The topological polar surface area (TPSA) is 42.7 Å². The number of carbonyl (C=O) groups excluding carboxylic acids is 1. The van der Waals surface area contributed by atoms with Crippen molar-refractivity contribution in [2.45, 2.75) is 25.4 Å². The van der Waals surface area contributed by atoms with Gasteiger partial charge in [0.1, 0.15) is 17.9 Å². The highest BCUT2D eigenvalue weighted by Gasteiger charge is 2.31. The van der Waals surface area contributed by atoms with Crippen LogP contribution >= 0.6 is 0 Å². The van der Waals surface area contributed by atoms with E-state index in [-0.39, 0.29) is 11.9 Å². The van der Waals surface area contributed by atoms with Gasteiger partial charge in [0, 0.05) is 17.5 Å². The summed E-state index contributed by atoms with van der Waals surface area (Å²) in [5, 5.41) is 3.06. The van der Waals surface area contributed by atoms with Gasteiger partial charge in [0.2, 0.25) is 0 Å². The molecular formula is C34H31NO3. The van der Waals surface area contributed by atoms with E-state index < -0.39 is 0 Å². The maximum atomic E-state index is 13.8. The van der Waals surface area contributed by atoms with Crippen molar-refractivity contribution in [3.8, 4) is 5.75 Å². The number of benzene rings is 4. The van der Waals surface area contributed by atoms with Crippen molar-refractivity contribution in [2.75, 3.05) is 6.61 Å². The molecule has 4 aromatic carbocycles.